The molecule has 0 saturated heterocycles. The van der Waals surface area contributed by atoms with Crippen LogP contribution in [0.25, 0.3) is 10.9 Å². The number of halogens is 1. The lowest BCUT2D eigenvalue weighted by Crippen LogP contribution is -2.09. The van der Waals surface area contributed by atoms with Crippen molar-refractivity contribution in [2.24, 2.45) is 0 Å². The molecule has 0 spiro atoms. The summed E-state index contributed by atoms with van der Waals surface area (Å²) in [6.45, 7) is 1.72. The first-order valence-corrected chi connectivity index (χ1v) is 8.33. The van der Waals surface area contributed by atoms with E-state index in [-0.39, 0.29) is 11.7 Å². The van der Waals surface area contributed by atoms with Crippen LogP contribution in [0.1, 0.15) is 13.3 Å². The van der Waals surface area contributed by atoms with Crippen molar-refractivity contribution in [1.82, 2.24) is 4.98 Å². The molecule has 0 atom stereocenters. The van der Waals surface area contributed by atoms with Crippen molar-refractivity contribution < 1.29 is 23.4 Å². The van der Waals surface area contributed by atoms with Crippen LogP contribution in [-0.2, 0) is 4.79 Å². The van der Waals surface area contributed by atoms with E-state index in [0.717, 1.165) is 0 Å². The molecular weight excluding hydrogens is 351 g/mol. The van der Waals surface area contributed by atoms with Crippen molar-refractivity contribution >= 4 is 22.5 Å². The van der Waals surface area contributed by atoms with E-state index >= 15 is 0 Å². The lowest BCUT2D eigenvalue weighted by Gasteiger charge is -2.13. The molecule has 0 saturated carbocycles. The summed E-state index contributed by atoms with van der Waals surface area (Å²) in [7, 11) is 3.07. The van der Waals surface area contributed by atoms with Crippen LogP contribution in [0.2, 0.25) is 0 Å². The number of ether oxygens (including phenoxy) is 3. The number of anilines is 1. The Morgan fingerprint density at radius 2 is 1.78 bits per heavy atom. The van der Waals surface area contributed by atoms with Crippen LogP contribution < -0.4 is 19.5 Å². The van der Waals surface area contributed by atoms with Crippen molar-refractivity contribution in [3.63, 3.8) is 0 Å². The molecule has 6 nitrogen and oxygen atoms in total. The minimum absolute atomic E-state index is 0.0341. The number of amides is 1. The quantitative estimate of drug-likeness (QED) is 0.690. The fraction of sp³-hybridized carbons (Fsp3) is 0.200. The van der Waals surface area contributed by atoms with Crippen LogP contribution in [0.3, 0.4) is 0 Å². The summed E-state index contributed by atoms with van der Waals surface area (Å²) in [5.41, 5.74) is 0.995. The normalized spacial score (nSPS) is 10.5. The van der Waals surface area contributed by atoms with E-state index in [1.165, 1.54) is 26.4 Å². The zero-order valence-corrected chi connectivity index (χ0v) is 15.2. The van der Waals surface area contributed by atoms with E-state index in [4.69, 9.17) is 14.2 Å². The molecule has 140 valence electrons. The largest absolute Gasteiger partial charge is 0.493 e. The molecule has 3 aromatic rings. The third-order valence-electron chi connectivity index (χ3n) is 3.96. The number of aromatic nitrogens is 1. The summed E-state index contributed by atoms with van der Waals surface area (Å²) in [5, 5.41) is 3.26. The van der Waals surface area contributed by atoms with Crippen molar-refractivity contribution in [2.75, 3.05) is 19.5 Å². The molecule has 0 fully saturated rings. The Morgan fingerprint density at radius 1 is 1.04 bits per heavy atom. The second-order valence-corrected chi connectivity index (χ2v) is 5.68. The van der Waals surface area contributed by atoms with Gasteiger partial charge in [0.05, 0.1) is 19.7 Å². The number of carbonyl (C=O) groups excluding carboxylic acids is 1. The van der Waals surface area contributed by atoms with E-state index < -0.39 is 5.82 Å². The smallest absolute Gasteiger partial charge is 0.224 e. The number of rotatable bonds is 6. The average molecular weight is 370 g/mol. The van der Waals surface area contributed by atoms with Gasteiger partial charge in [0.2, 0.25) is 5.91 Å². The summed E-state index contributed by atoms with van der Waals surface area (Å²) < 4.78 is 30.8. The number of nitrogens with zero attached hydrogens (tertiary/aromatic N) is 1. The predicted molar refractivity (Wildman–Crippen MR) is 100 cm³/mol. The number of fused-ring (bicyclic) bond motifs is 1. The second-order valence-electron chi connectivity index (χ2n) is 5.68. The van der Waals surface area contributed by atoms with E-state index in [0.29, 0.717) is 40.3 Å². The van der Waals surface area contributed by atoms with Gasteiger partial charge in [0.1, 0.15) is 5.75 Å². The van der Waals surface area contributed by atoms with Gasteiger partial charge < -0.3 is 19.5 Å². The highest BCUT2D eigenvalue weighted by Crippen LogP contribution is 2.37. The van der Waals surface area contributed by atoms with Crippen molar-refractivity contribution in [3.8, 4) is 23.0 Å². The fourth-order valence-corrected chi connectivity index (χ4v) is 2.57. The SMILES string of the molecule is CCC(=O)Nc1ccc(Oc2ccnc3cc(OC)c(OC)cc23)c(F)c1. The fourth-order valence-electron chi connectivity index (χ4n) is 2.57. The van der Waals surface area contributed by atoms with Gasteiger partial charge in [-0.05, 0) is 24.3 Å². The average Bonchev–Trinajstić information content (AvgIpc) is 2.68. The molecule has 1 aromatic heterocycles. The molecule has 0 aliphatic rings. The van der Waals surface area contributed by atoms with Crippen LogP contribution >= 0.6 is 0 Å². The lowest BCUT2D eigenvalue weighted by molar-refractivity contribution is -0.115. The summed E-state index contributed by atoms with van der Waals surface area (Å²) in [5.74, 6) is 0.730. The van der Waals surface area contributed by atoms with Crippen LogP contribution in [-0.4, -0.2) is 25.1 Å². The maximum atomic E-state index is 14.4. The highest BCUT2D eigenvalue weighted by Gasteiger charge is 2.13. The van der Waals surface area contributed by atoms with E-state index in [9.17, 15) is 9.18 Å². The predicted octanol–water partition coefficient (Wildman–Crippen LogP) is 4.53. The molecule has 3 rings (SSSR count). The van der Waals surface area contributed by atoms with Gasteiger partial charge in [-0.1, -0.05) is 6.92 Å². The minimum Gasteiger partial charge on any atom is -0.493 e. The van der Waals surface area contributed by atoms with Gasteiger partial charge in [0.25, 0.3) is 0 Å². The van der Waals surface area contributed by atoms with Crippen molar-refractivity contribution in [2.45, 2.75) is 13.3 Å². The molecule has 0 aliphatic heterocycles. The number of nitrogens with one attached hydrogen (secondary N) is 1. The van der Waals surface area contributed by atoms with Gasteiger partial charge in [-0.2, -0.15) is 0 Å². The summed E-state index contributed by atoms with van der Waals surface area (Å²) >= 11 is 0. The molecule has 0 aliphatic carbocycles. The van der Waals surface area contributed by atoms with Crippen LogP contribution in [0.5, 0.6) is 23.0 Å². The Labute approximate surface area is 155 Å². The molecule has 0 unspecified atom stereocenters. The third-order valence-corrected chi connectivity index (χ3v) is 3.96. The molecule has 1 heterocycles. The van der Waals surface area contributed by atoms with E-state index in [1.54, 1.807) is 37.4 Å². The Bertz CT molecular complexity index is 991. The second kappa shape index (κ2) is 7.90. The first-order valence-electron chi connectivity index (χ1n) is 8.33. The van der Waals surface area contributed by atoms with Gasteiger partial charge in [0, 0.05) is 35.8 Å². The highest BCUT2D eigenvalue weighted by molar-refractivity contribution is 5.90. The molecule has 7 heteroatoms. The highest BCUT2D eigenvalue weighted by atomic mass is 19.1. The van der Waals surface area contributed by atoms with Gasteiger partial charge in [0.15, 0.2) is 23.1 Å². The van der Waals surface area contributed by atoms with Gasteiger partial charge in [-0.3, -0.25) is 9.78 Å². The van der Waals surface area contributed by atoms with E-state index in [2.05, 4.69) is 10.3 Å². The number of carbonyl (C=O) groups is 1. The lowest BCUT2D eigenvalue weighted by atomic mass is 10.2. The number of methoxy groups -OCH3 is 2. The molecule has 1 N–H and O–H groups in total. The van der Waals surface area contributed by atoms with Crippen molar-refractivity contribution in [1.29, 1.82) is 0 Å². The van der Waals surface area contributed by atoms with Gasteiger partial charge >= 0.3 is 0 Å². The Kier molecular flexibility index (Phi) is 5.40. The topological polar surface area (TPSA) is 69.7 Å². The standard InChI is InChI=1S/C20H19FN2O4/c1-4-20(24)23-12-5-6-17(14(21)9-12)27-16-7-8-22-15-11-19(26-3)18(25-2)10-13(15)16/h5-11H,4H2,1-3H3,(H,23,24). The molecule has 0 bridgehead atoms. The number of pyridine rings is 1. The first kappa shape index (κ1) is 18.4. The van der Waals surface area contributed by atoms with E-state index in [1.807, 2.05) is 0 Å². The third kappa shape index (κ3) is 3.92. The van der Waals surface area contributed by atoms with Crippen molar-refractivity contribution in [3.05, 3.63) is 48.4 Å². The van der Waals surface area contributed by atoms with Crippen LogP contribution in [0.4, 0.5) is 10.1 Å². The first-order chi connectivity index (χ1) is 13.0. The Hall–Kier alpha value is -3.35. The van der Waals surface area contributed by atoms with Gasteiger partial charge in [-0.25, -0.2) is 4.39 Å². The molecular formula is C20H19FN2O4. The number of hydrogen-bond acceptors (Lipinski definition) is 5. The van der Waals surface area contributed by atoms with Crippen LogP contribution in [0, 0.1) is 5.82 Å². The number of hydrogen-bond donors (Lipinski definition) is 1. The molecule has 1 amide bonds. The summed E-state index contributed by atoms with van der Waals surface area (Å²) in [6.07, 6.45) is 1.88. The minimum atomic E-state index is -0.589. The van der Waals surface area contributed by atoms with Gasteiger partial charge in [-0.15, -0.1) is 0 Å². The zero-order chi connectivity index (χ0) is 19.4. The summed E-state index contributed by atoms with van der Waals surface area (Å²) in [4.78, 5) is 15.7. The maximum absolute atomic E-state index is 14.4. The van der Waals surface area contributed by atoms with Crippen LogP contribution in [0.15, 0.2) is 42.6 Å². The Morgan fingerprint density at radius 3 is 2.44 bits per heavy atom. The number of benzene rings is 2. The summed E-state index contributed by atoms with van der Waals surface area (Å²) in [6, 6.07) is 9.36. The molecule has 0 radical (unpaired) electrons. The Balaban J connectivity index is 1.95. The molecule has 27 heavy (non-hydrogen) atoms. The zero-order valence-electron chi connectivity index (χ0n) is 15.2. The maximum Gasteiger partial charge on any atom is 0.224 e. The monoisotopic (exact) mass is 370 g/mol. The molecule has 2 aromatic carbocycles.